The van der Waals surface area contributed by atoms with E-state index in [9.17, 15) is 4.79 Å². The lowest BCUT2D eigenvalue weighted by atomic mass is 10.1. The van der Waals surface area contributed by atoms with Crippen molar-refractivity contribution >= 4 is 12.0 Å². The van der Waals surface area contributed by atoms with Crippen LogP contribution in [0.15, 0.2) is 36.4 Å². The van der Waals surface area contributed by atoms with E-state index in [1.807, 2.05) is 56.3 Å². The van der Waals surface area contributed by atoms with Gasteiger partial charge in [0.1, 0.15) is 0 Å². The maximum atomic E-state index is 12.3. The minimum Gasteiger partial charge on any atom is -0.337 e. The third kappa shape index (κ3) is 3.60. The molecule has 1 heterocycles. The molecule has 4 heteroatoms. The van der Waals surface area contributed by atoms with Gasteiger partial charge in [0.05, 0.1) is 0 Å². The Kier molecular flexibility index (Phi) is 4.93. The highest BCUT2D eigenvalue weighted by atomic mass is 16.2. The molecule has 0 saturated heterocycles. The number of carbonyl (C=O) groups is 1. The number of aryl methyl sites for hydroxylation is 1. The van der Waals surface area contributed by atoms with Crippen LogP contribution in [0.5, 0.6) is 0 Å². The molecule has 0 atom stereocenters. The van der Waals surface area contributed by atoms with Gasteiger partial charge in [0.2, 0.25) is 0 Å². The number of likely N-dealkylation sites (N-methyl/N-ethyl adjacent to an activating group) is 1. The minimum absolute atomic E-state index is 0.0545. The molecule has 0 aliphatic carbocycles. The van der Waals surface area contributed by atoms with Gasteiger partial charge in [0, 0.05) is 24.8 Å². The maximum absolute atomic E-state index is 12.3. The Morgan fingerprint density at radius 3 is 2.67 bits per heavy atom. The first kappa shape index (κ1) is 15.0. The van der Waals surface area contributed by atoms with Gasteiger partial charge in [0.25, 0.3) is 5.91 Å². The third-order valence-corrected chi connectivity index (χ3v) is 3.50. The van der Waals surface area contributed by atoms with Crippen molar-refractivity contribution in [3.8, 4) is 0 Å². The average Bonchev–Trinajstić information content (AvgIpc) is 2.88. The molecule has 2 aromatic rings. The van der Waals surface area contributed by atoms with Crippen LogP contribution in [0.1, 0.15) is 34.2 Å². The summed E-state index contributed by atoms with van der Waals surface area (Å²) in [5, 5.41) is 7.06. The zero-order valence-corrected chi connectivity index (χ0v) is 12.8. The molecule has 0 fully saturated rings. The van der Waals surface area contributed by atoms with Gasteiger partial charge in [-0.15, -0.1) is 0 Å². The van der Waals surface area contributed by atoms with Crippen molar-refractivity contribution < 1.29 is 4.79 Å². The van der Waals surface area contributed by atoms with Gasteiger partial charge in [-0.1, -0.05) is 49.4 Å². The molecule has 1 N–H and O–H groups in total. The van der Waals surface area contributed by atoms with Gasteiger partial charge >= 0.3 is 0 Å². The fourth-order valence-electron chi connectivity index (χ4n) is 2.16. The Hall–Kier alpha value is -2.36. The molecule has 1 aromatic heterocycles. The summed E-state index contributed by atoms with van der Waals surface area (Å²) in [4.78, 5) is 14.0. The topological polar surface area (TPSA) is 49.0 Å². The number of amides is 1. The summed E-state index contributed by atoms with van der Waals surface area (Å²) >= 11 is 0. The number of nitrogens with one attached hydrogen (secondary N) is 1. The standard InChI is InChI=1S/C17H21N3O/c1-4-15-13(2)16(19-18-15)17(21)20(3)12-8-11-14-9-6-5-7-10-14/h5-11H,4,12H2,1-3H3,(H,18,19)/b11-8+. The lowest BCUT2D eigenvalue weighted by Crippen LogP contribution is -2.27. The molecule has 0 aliphatic rings. The minimum atomic E-state index is -0.0545. The molecule has 110 valence electrons. The van der Waals surface area contributed by atoms with E-state index in [1.54, 1.807) is 11.9 Å². The summed E-state index contributed by atoms with van der Waals surface area (Å²) in [7, 11) is 1.79. The van der Waals surface area contributed by atoms with Crippen LogP contribution < -0.4 is 0 Å². The fraction of sp³-hybridized carbons (Fsp3) is 0.294. The van der Waals surface area contributed by atoms with Crippen LogP contribution in [0.4, 0.5) is 0 Å². The SMILES string of the molecule is CCc1[nH]nc(C(=O)N(C)C/C=C/c2ccccc2)c1C. The van der Waals surface area contributed by atoms with E-state index in [0.29, 0.717) is 12.2 Å². The van der Waals surface area contributed by atoms with Gasteiger partial charge in [0.15, 0.2) is 5.69 Å². The monoisotopic (exact) mass is 283 g/mol. The van der Waals surface area contributed by atoms with Crippen LogP contribution in [-0.4, -0.2) is 34.6 Å². The summed E-state index contributed by atoms with van der Waals surface area (Å²) in [6.45, 7) is 4.53. The second-order valence-corrected chi connectivity index (χ2v) is 5.03. The molecule has 1 aromatic carbocycles. The normalized spacial score (nSPS) is 11.0. The van der Waals surface area contributed by atoms with Crippen LogP contribution in [0, 0.1) is 6.92 Å². The van der Waals surface area contributed by atoms with Crippen molar-refractivity contribution in [2.75, 3.05) is 13.6 Å². The molecular weight excluding hydrogens is 262 g/mol. The molecule has 21 heavy (non-hydrogen) atoms. The number of nitrogens with zero attached hydrogens (tertiary/aromatic N) is 2. The van der Waals surface area contributed by atoms with E-state index in [0.717, 1.165) is 23.2 Å². The molecule has 2 rings (SSSR count). The molecule has 4 nitrogen and oxygen atoms in total. The molecule has 1 amide bonds. The number of carbonyl (C=O) groups excluding carboxylic acids is 1. The Labute approximate surface area is 125 Å². The van der Waals surface area contributed by atoms with Crippen LogP contribution in [0.2, 0.25) is 0 Å². The lowest BCUT2D eigenvalue weighted by molar-refractivity contribution is 0.0804. The van der Waals surface area contributed by atoms with E-state index in [4.69, 9.17) is 0 Å². The highest BCUT2D eigenvalue weighted by molar-refractivity contribution is 5.93. The highest BCUT2D eigenvalue weighted by Crippen LogP contribution is 2.12. The Bertz CT molecular complexity index is 629. The molecule has 0 aliphatic heterocycles. The zero-order chi connectivity index (χ0) is 15.2. The summed E-state index contributed by atoms with van der Waals surface area (Å²) in [5.41, 5.74) is 3.61. The van der Waals surface area contributed by atoms with Crippen LogP contribution in [0.25, 0.3) is 6.08 Å². The van der Waals surface area contributed by atoms with E-state index in [1.165, 1.54) is 0 Å². The van der Waals surface area contributed by atoms with Crippen molar-refractivity contribution in [3.63, 3.8) is 0 Å². The molecule has 0 radical (unpaired) electrons. The molecule has 0 unspecified atom stereocenters. The summed E-state index contributed by atoms with van der Waals surface area (Å²) in [6, 6.07) is 10.0. The lowest BCUT2D eigenvalue weighted by Gasteiger charge is -2.13. The number of aromatic nitrogens is 2. The van der Waals surface area contributed by atoms with Crippen molar-refractivity contribution in [3.05, 3.63) is 58.9 Å². The predicted octanol–water partition coefficient (Wildman–Crippen LogP) is 3.07. The van der Waals surface area contributed by atoms with E-state index < -0.39 is 0 Å². The fourth-order valence-corrected chi connectivity index (χ4v) is 2.16. The summed E-state index contributed by atoms with van der Waals surface area (Å²) in [6.07, 6.45) is 4.85. The largest absolute Gasteiger partial charge is 0.337 e. The first-order valence-electron chi connectivity index (χ1n) is 7.14. The van der Waals surface area contributed by atoms with E-state index >= 15 is 0 Å². The molecule has 0 bridgehead atoms. The third-order valence-electron chi connectivity index (χ3n) is 3.50. The number of hydrogen-bond acceptors (Lipinski definition) is 2. The number of H-pyrrole nitrogens is 1. The van der Waals surface area contributed by atoms with Gasteiger partial charge in [-0.2, -0.15) is 5.10 Å². The second-order valence-electron chi connectivity index (χ2n) is 5.03. The number of aromatic amines is 1. The van der Waals surface area contributed by atoms with Gasteiger partial charge in [-0.05, 0) is 18.9 Å². The quantitative estimate of drug-likeness (QED) is 0.916. The number of rotatable bonds is 5. The van der Waals surface area contributed by atoms with E-state index in [-0.39, 0.29) is 5.91 Å². The Balaban J connectivity index is 1.99. The number of benzene rings is 1. The zero-order valence-electron chi connectivity index (χ0n) is 12.8. The molecular formula is C17H21N3O. The van der Waals surface area contributed by atoms with Crippen molar-refractivity contribution in [1.82, 2.24) is 15.1 Å². The predicted molar refractivity (Wildman–Crippen MR) is 85.1 cm³/mol. The van der Waals surface area contributed by atoms with Crippen LogP contribution in [0.3, 0.4) is 0 Å². The molecule has 0 spiro atoms. The second kappa shape index (κ2) is 6.88. The Morgan fingerprint density at radius 1 is 1.33 bits per heavy atom. The van der Waals surface area contributed by atoms with Crippen molar-refractivity contribution in [2.24, 2.45) is 0 Å². The average molecular weight is 283 g/mol. The first-order valence-corrected chi connectivity index (χ1v) is 7.14. The van der Waals surface area contributed by atoms with Crippen molar-refractivity contribution in [1.29, 1.82) is 0 Å². The molecule has 0 saturated carbocycles. The summed E-state index contributed by atoms with van der Waals surface area (Å²) < 4.78 is 0. The Morgan fingerprint density at radius 2 is 2.05 bits per heavy atom. The first-order chi connectivity index (χ1) is 10.1. The number of hydrogen-bond donors (Lipinski definition) is 1. The smallest absolute Gasteiger partial charge is 0.274 e. The van der Waals surface area contributed by atoms with Crippen LogP contribution in [-0.2, 0) is 6.42 Å². The van der Waals surface area contributed by atoms with Crippen LogP contribution >= 0.6 is 0 Å². The highest BCUT2D eigenvalue weighted by Gasteiger charge is 2.18. The van der Waals surface area contributed by atoms with Gasteiger partial charge < -0.3 is 4.90 Å². The van der Waals surface area contributed by atoms with Gasteiger partial charge in [-0.25, -0.2) is 0 Å². The van der Waals surface area contributed by atoms with Gasteiger partial charge in [-0.3, -0.25) is 9.89 Å². The maximum Gasteiger partial charge on any atom is 0.274 e. The van der Waals surface area contributed by atoms with Crippen molar-refractivity contribution in [2.45, 2.75) is 20.3 Å². The summed E-state index contributed by atoms with van der Waals surface area (Å²) in [5.74, 6) is -0.0545. The van der Waals surface area contributed by atoms with E-state index in [2.05, 4.69) is 10.2 Å².